The van der Waals surface area contributed by atoms with Crippen LogP contribution in [0.5, 0.6) is 0 Å². The zero-order valence-electron chi connectivity index (χ0n) is 10.8. The molecule has 0 unspecified atom stereocenters. The molecule has 100 valence electrons. The molecule has 0 spiro atoms. The van der Waals surface area contributed by atoms with E-state index in [4.69, 9.17) is 4.74 Å². The van der Waals surface area contributed by atoms with E-state index >= 15 is 0 Å². The highest BCUT2D eigenvalue weighted by molar-refractivity contribution is 5.73. The monoisotopic (exact) mass is 254 g/mol. The van der Waals surface area contributed by atoms with Crippen molar-refractivity contribution in [2.75, 3.05) is 27.3 Å². The summed E-state index contributed by atoms with van der Waals surface area (Å²) in [6.45, 7) is 1.57. The normalized spacial score (nSPS) is 10.2. The topological polar surface area (TPSA) is 41.6 Å². The van der Waals surface area contributed by atoms with Gasteiger partial charge >= 0.3 is 6.03 Å². The Morgan fingerprint density at radius 2 is 2.28 bits per heavy atom. The van der Waals surface area contributed by atoms with Gasteiger partial charge in [-0.2, -0.15) is 0 Å². The standard InChI is InChI=1S/C13H19FN2O2/c1-16(13(17)15-7-4-8-18-2)10-11-5-3-6-12(14)9-11/h3,5-6,9H,4,7-8,10H2,1-2H3,(H,15,17). The van der Waals surface area contributed by atoms with Crippen molar-refractivity contribution in [1.82, 2.24) is 10.2 Å². The lowest BCUT2D eigenvalue weighted by molar-refractivity contribution is 0.188. The lowest BCUT2D eigenvalue weighted by atomic mass is 10.2. The van der Waals surface area contributed by atoms with E-state index in [0.717, 1.165) is 12.0 Å². The third-order valence-electron chi connectivity index (χ3n) is 2.46. The molecule has 0 aliphatic rings. The Balaban J connectivity index is 2.35. The zero-order chi connectivity index (χ0) is 13.4. The first-order valence-electron chi connectivity index (χ1n) is 5.86. The highest BCUT2D eigenvalue weighted by Crippen LogP contribution is 2.06. The molecule has 0 saturated carbocycles. The van der Waals surface area contributed by atoms with E-state index in [1.807, 2.05) is 0 Å². The van der Waals surface area contributed by atoms with Crippen LogP contribution in [-0.2, 0) is 11.3 Å². The fourth-order valence-corrected chi connectivity index (χ4v) is 1.53. The highest BCUT2D eigenvalue weighted by Gasteiger charge is 2.08. The Morgan fingerprint density at radius 1 is 1.50 bits per heavy atom. The van der Waals surface area contributed by atoms with E-state index < -0.39 is 0 Å². The van der Waals surface area contributed by atoms with Gasteiger partial charge in [0.25, 0.3) is 0 Å². The quantitative estimate of drug-likeness (QED) is 0.789. The average Bonchev–Trinajstić information content (AvgIpc) is 2.34. The van der Waals surface area contributed by atoms with Crippen molar-refractivity contribution in [2.24, 2.45) is 0 Å². The lowest BCUT2D eigenvalue weighted by Gasteiger charge is -2.18. The van der Waals surface area contributed by atoms with E-state index in [1.165, 1.54) is 17.0 Å². The molecule has 1 aromatic carbocycles. The summed E-state index contributed by atoms with van der Waals surface area (Å²) in [7, 11) is 3.30. The van der Waals surface area contributed by atoms with Crippen LogP contribution in [0.25, 0.3) is 0 Å². The van der Waals surface area contributed by atoms with Crippen LogP contribution in [0.2, 0.25) is 0 Å². The van der Waals surface area contributed by atoms with Gasteiger partial charge in [0.15, 0.2) is 0 Å². The molecule has 5 heteroatoms. The Labute approximate surface area is 107 Å². The minimum Gasteiger partial charge on any atom is -0.385 e. The number of amides is 2. The van der Waals surface area contributed by atoms with Crippen molar-refractivity contribution >= 4 is 6.03 Å². The maximum absolute atomic E-state index is 13.0. The number of hydrogen-bond donors (Lipinski definition) is 1. The molecule has 0 radical (unpaired) electrons. The summed E-state index contributed by atoms with van der Waals surface area (Å²) in [5.74, 6) is -0.290. The Hall–Kier alpha value is -1.62. The maximum atomic E-state index is 13.0. The SMILES string of the molecule is COCCCNC(=O)N(C)Cc1cccc(F)c1. The second-order valence-electron chi connectivity index (χ2n) is 4.06. The number of carbonyl (C=O) groups excluding carboxylic acids is 1. The molecule has 0 aliphatic heterocycles. The van der Waals surface area contributed by atoms with Gasteiger partial charge in [-0.05, 0) is 24.1 Å². The van der Waals surface area contributed by atoms with E-state index in [-0.39, 0.29) is 11.8 Å². The molecule has 0 fully saturated rings. The summed E-state index contributed by atoms with van der Waals surface area (Å²) in [5, 5.41) is 2.77. The van der Waals surface area contributed by atoms with Gasteiger partial charge in [0.1, 0.15) is 5.82 Å². The second kappa shape index (κ2) is 7.66. The molecule has 0 atom stereocenters. The van der Waals surface area contributed by atoms with Crippen LogP contribution in [0.1, 0.15) is 12.0 Å². The van der Waals surface area contributed by atoms with Crippen LogP contribution in [0.3, 0.4) is 0 Å². The molecule has 1 aromatic rings. The summed E-state index contributed by atoms with van der Waals surface area (Å²) >= 11 is 0. The minimum atomic E-state index is -0.290. The van der Waals surface area contributed by atoms with Gasteiger partial charge in [-0.1, -0.05) is 12.1 Å². The Bertz CT molecular complexity index is 385. The van der Waals surface area contributed by atoms with E-state index in [2.05, 4.69) is 5.32 Å². The fourth-order valence-electron chi connectivity index (χ4n) is 1.53. The van der Waals surface area contributed by atoms with Crippen molar-refractivity contribution in [3.8, 4) is 0 Å². The number of halogens is 1. The van der Waals surface area contributed by atoms with Gasteiger partial charge in [-0.15, -0.1) is 0 Å². The first-order chi connectivity index (χ1) is 8.63. The number of hydrogen-bond acceptors (Lipinski definition) is 2. The van der Waals surface area contributed by atoms with E-state index in [9.17, 15) is 9.18 Å². The van der Waals surface area contributed by atoms with Gasteiger partial charge in [-0.25, -0.2) is 9.18 Å². The van der Waals surface area contributed by atoms with Crippen molar-refractivity contribution in [3.63, 3.8) is 0 Å². The number of benzene rings is 1. The van der Waals surface area contributed by atoms with Crippen molar-refractivity contribution in [3.05, 3.63) is 35.6 Å². The first kappa shape index (κ1) is 14.4. The predicted octanol–water partition coefficient (Wildman–Crippen LogP) is 2.00. The molecule has 4 nitrogen and oxygen atoms in total. The van der Waals surface area contributed by atoms with Gasteiger partial charge in [0, 0.05) is 33.9 Å². The van der Waals surface area contributed by atoms with Crippen LogP contribution < -0.4 is 5.32 Å². The van der Waals surface area contributed by atoms with Crippen LogP contribution in [0.15, 0.2) is 24.3 Å². The largest absolute Gasteiger partial charge is 0.385 e. The molecule has 0 bridgehead atoms. The second-order valence-corrected chi connectivity index (χ2v) is 4.06. The van der Waals surface area contributed by atoms with Crippen molar-refractivity contribution in [2.45, 2.75) is 13.0 Å². The number of ether oxygens (including phenoxy) is 1. The summed E-state index contributed by atoms with van der Waals surface area (Å²) in [6, 6.07) is 6.06. The minimum absolute atomic E-state index is 0.171. The lowest BCUT2D eigenvalue weighted by Crippen LogP contribution is -2.37. The third-order valence-corrected chi connectivity index (χ3v) is 2.46. The summed E-state index contributed by atoms with van der Waals surface area (Å²) in [5.41, 5.74) is 0.768. The summed E-state index contributed by atoms with van der Waals surface area (Å²) in [6.07, 6.45) is 0.774. The molecular weight excluding hydrogens is 235 g/mol. The van der Waals surface area contributed by atoms with Gasteiger partial charge in [0.2, 0.25) is 0 Å². The molecule has 1 N–H and O–H groups in total. The van der Waals surface area contributed by atoms with Crippen LogP contribution >= 0.6 is 0 Å². The number of methoxy groups -OCH3 is 1. The molecule has 2 amide bonds. The van der Waals surface area contributed by atoms with Gasteiger partial charge in [-0.3, -0.25) is 0 Å². The van der Waals surface area contributed by atoms with Gasteiger partial charge in [0.05, 0.1) is 0 Å². The fraction of sp³-hybridized carbons (Fsp3) is 0.462. The molecular formula is C13H19FN2O2. The summed E-state index contributed by atoms with van der Waals surface area (Å²) < 4.78 is 17.9. The van der Waals surface area contributed by atoms with Crippen molar-refractivity contribution in [1.29, 1.82) is 0 Å². The molecule has 1 rings (SSSR count). The number of nitrogens with one attached hydrogen (secondary N) is 1. The van der Waals surface area contributed by atoms with Gasteiger partial charge < -0.3 is 15.0 Å². The third kappa shape index (κ3) is 5.14. The molecule has 0 aliphatic carbocycles. The van der Waals surface area contributed by atoms with Crippen LogP contribution in [-0.4, -0.2) is 38.2 Å². The smallest absolute Gasteiger partial charge is 0.317 e. The Morgan fingerprint density at radius 3 is 2.94 bits per heavy atom. The van der Waals surface area contributed by atoms with Crippen molar-refractivity contribution < 1.29 is 13.9 Å². The predicted molar refractivity (Wildman–Crippen MR) is 67.8 cm³/mol. The Kier molecular flexibility index (Phi) is 6.14. The number of rotatable bonds is 6. The number of nitrogens with zero attached hydrogens (tertiary/aromatic N) is 1. The van der Waals surface area contributed by atoms with E-state index in [0.29, 0.717) is 19.7 Å². The first-order valence-corrected chi connectivity index (χ1v) is 5.86. The van der Waals surface area contributed by atoms with Crippen LogP contribution in [0.4, 0.5) is 9.18 Å². The molecule has 0 heterocycles. The number of carbonyl (C=O) groups is 1. The maximum Gasteiger partial charge on any atom is 0.317 e. The average molecular weight is 254 g/mol. The highest BCUT2D eigenvalue weighted by atomic mass is 19.1. The van der Waals surface area contributed by atoms with Crippen LogP contribution in [0, 0.1) is 5.82 Å². The zero-order valence-corrected chi connectivity index (χ0v) is 10.8. The van der Waals surface area contributed by atoms with E-state index in [1.54, 1.807) is 26.3 Å². The number of urea groups is 1. The summed E-state index contributed by atoms with van der Waals surface area (Å²) in [4.78, 5) is 13.2. The molecule has 0 saturated heterocycles. The molecule has 0 aromatic heterocycles. The molecule has 18 heavy (non-hydrogen) atoms.